The molecule has 3 amide bonds. The maximum atomic E-state index is 14.3. The molecule has 2 N–H and O–H groups in total. The summed E-state index contributed by atoms with van der Waals surface area (Å²) >= 11 is 3.40. The number of nitrogens with one attached hydrogen (secondary N) is 2. The van der Waals surface area contributed by atoms with Crippen molar-refractivity contribution in [2.45, 2.75) is 64.8 Å². The van der Waals surface area contributed by atoms with Gasteiger partial charge in [0, 0.05) is 60.3 Å². The molecule has 2 bridgehead atoms. The smallest absolute Gasteiger partial charge is 0.248 e. The van der Waals surface area contributed by atoms with Crippen LogP contribution in [0.15, 0.2) is 59.5 Å². The number of amides is 3. The van der Waals surface area contributed by atoms with Crippen LogP contribution >= 0.6 is 15.9 Å². The van der Waals surface area contributed by atoms with E-state index in [1.165, 1.54) is 11.6 Å². The molecule has 0 radical (unpaired) electrons. The molecule has 5 heterocycles. The van der Waals surface area contributed by atoms with E-state index in [9.17, 15) is 19.2 Å². The number of Topliss-reactive ketones (excluding diaryl/α,β-unsaturated/α-hetero) is 1. The van der Waals surface area contributed by atoms with E-state index in [1.54, 1.807) is 23.4 Å². The molecular formula is C35H35BrN8O5. The van der Waals surface area contributed by atoms with Crippen molar-refractivity contribution >= 4 is 56.2 Å². The molecule has 13 nitrogen and oxygen atoms in total. The predicted molar refractivity (Wildman–Crippen MR) is 183 cm³/mol. The predicted octanol–water partition coefficient (Wildman–Crippen LogP) is 4.14. The van der Waals surface area contributed by atoms with E-state index < -0.39 is 11.5 Å². The van der Waals surface area contributed by atoms with Crippen molar-refractivity contribution in [3.63, 3.8) is 0 Å². The fourth-order valence-electron chi connectivity index (χ4n) is 6.85. The number of piperidine rings is 1. The summed E-state index contributed by atoms with van der Waals surface area (Å²) in [6.45, 7) is 3.99. The van der Waals surface area contributed by atoms with Gasteiger partial charge < -0.3 is 20.3 Å². The first-order valence-electron chi connectivity index (χ1n) is 16.2. The second kappa shape index (κ2) is 13.2. The van der Waals surface area contributed by atoms with Gasteiger partial charge in [-0.15, -0.1) is 0 Å². The minimum Gasteiger partial charge on any atom is -0.373 e. The Morgan fingerprint density at radius 2 is 1.90 bits per heavy atom. The Kier molecular flexibility index (Phi) is 8.84. The van der Waals surface area contributed by atoms with Gasteiger partial charge in [-0.2, -0.15) is 5.10 Å². The molecule has 2 aliphatic heterocycles. The van der Waals surface area contributed by atoms with Gasteiger partial charge in [-0.1, -0.05) is 24.3 Å². The van der Waals surface area contributed by atoms with E-state index in [1.807, 2.05) is 43.3 Å². The van der Waals surface area contributed by atoms with E-state index in [2.05, 4.69) is 46.6 Å². The molecule has 2 fully saturated rings. The molecule has 1 saturated carbocycles. The molecule has 1 spiro atoms. The highest BCUT2D eigenvalue weighted by Gasteiger charge is 2.67. The topological polar surface area (TPSA) is 161 Å². The van der Waals surface area contributed by atoms with Gasteiger partial charge in [0.05, 0.1) is 18.7 Å². The van der Waals surface area contributed by atoms with Crippen molar-refractivity contribution in [3.05, 3.63) is 76.6 Å². The minimum absolute atomic E-state index is 0.0847. The number of carbonyl (C=O) groups excluding carboxylic acids is 4. The van der Waals surface area contributed by atoms with Crippen LogP contribution in [-0.2, 0) is 32.3 Å². The third-order valence-corrected chi connectivity index (χ3v) is 9.93. The Hall–Kier alpha value is -4.82. The van der Waals surface area contributed by atoms with Crippen LogP contribution in [0.1, 0.15) is 54.5 Å². The number of benzene rings is 1. The summed E-state index contributed by atoms with van der Waals surface area (Å²) in [7, 11) is 0. The summed E-state index contributed by atoms with van der Waals surface area (Å²) in [4.78, 5) is 68.4. The van der Waals surface area contributed by atoms with Crippen LogP contribution in [0.4, 0.5) is 5.82 Å². The number of ketones is 1. The number of anilines is 1. The first-order valence-corrected chi connectivity index (χ1v) is 17.0. The van der Waals surface area contributed by atoms with E-state index in [4.69, 9.17) is 4.74 Å². The molecule has 2 unspecified atom stereocenters. The molecule has 252 valence electrons. The van der Waals surface area contributed by atoms with Crippen LogP contribution < -0.4 is 10.6 Å². The van der Waals surface area contributed by atoms with Crippen LogP contribution in [0.3, 0.4) is 0 Å². The van der Waals surface area contributed by atoms with Crippen molar-refractivity contribution in [3.8, 4) is 11.1 Å². The van der Waals surface area contributed by atoms with Crippen LogP contribution in [-0.4, -0.2) is 78.4 Å². The third kappa shape index (κ3) is 6.62. The normalized spacial score (nSPS) is 23.2. The highest BCUT2D eigenvalue weighted by molar-refractivity contribution is 9.10. The summed E-state index contributed by atoms with van der Waals surface area (Å²) in [5.41, 5.74) is 2.74. The second-order valence-corrected chi connectivity index (χ2v) is 13.7. The van der Waals surface area contributed by atoms with Crippen LogP contribution in [0.25, 0.3) is 22.0 Å². The molecule has 3 aliphatic rings. The first-order chi connectivity index (χ1) is 23.6. The zero-order chi connectivity index (χ0) is 34.3. The fourth-order valence-corrected chi connectivity index (χ4v) is 7.16. The second-order valence-electron chi connectivity index (χ2n) is 12.8. The Balaban J connectivity index is 1.19. The Labute approximate surface area is 290 Å². The van der Waals surface area contributed by atoms with Crippen LogP contribution in [0, 0.1) is 12.3 Å². The Bertz CT molecular complexity index is 2010. The lowest BCUT2D eigenvalue weighted by atomic mass is 9.98. The summed E-state index contributed by atoms with van der Waals surface area (Å²) < 4.78 is 7.86. The number of ether oxygens (including phenoxy) is 1. The molecule has 1 saturated heterocycles. The third-order valence-electron chi connectivity index (χ3n) is 9.49. The molecule has 4 aromatic rings. The summed E-state index contributed by atoms with van der Waals surface area (Å²) in [6, 6.07) is 8.12. The largest absolute Gasteiger partial charge is 0.373 e. The van der Waals surface area contributed by atoms with Gasteiger partial charge in [-0.05, 0) is 65.9 Å². The number of rotatable bonds is 4. The number of fused-ring (bicyclic) bond motifs is 3. The molecule has 3 atom stereocenters. The Morgan fingerprint density at radius 1 is 1.08 bits per heavy atom. The SMILES string of the molecule is CC(=O)c1nn(CC(=O)N2C3CC34CNC(=O)CC/C=C\COCc3ccc(Br)nc3NC(=O)[C@@H]2C4)c2ccc(-c3cnc(C)nc3)cc12. The number of carbonyl (C=O) groups is 4. The van der Waals surface area contributed by atoms with E-state index in [0.29, 0.717) is 71.5 Å². The van der Waals surface area contributed by atoms with Crippen LogP contribution in [0.2, 0.25) is 0 Å². The van der Waals surface area contributed by atoms with Crippen molar-refractivity contribution < 1.29 is 23.9 Å². The number of hydrogen-bond donors (Lipinski definition) is 2. The van der Waals surface area contributed by atoms with Crippen LogP contribution in [0.5, 0.6) is 0 Å². The maximum Gasteiger partial charge on any atom is 0.248 e. The number of aromatic nitrogens is 5. The number of hydrogen-bond acceptors (Lipinski definition) is 9. The molecule has 1 aliphatic carbocycles. The van der Waals surface area contributed by atoms with Crippen molar-refractivity contribution in [2.75, 3.05) is 18.5 Å². The molecule has 3 aromatic heterocycles. The van der Waals surface area contributed by atoms with Gasteiger partial charge in [0.15, 0.2) is 5.78 Å². The molecule has 14 heteroatoms. The van der Waals surface area contributed by atoms with Gasteiger partial charge in [0.25, 0.3) is 0 Å². The fraction of sp³-hybridized carbons (Fsp3) is 0.371. The van der Waals surface area contributed by atoms with Gasteiger partial charge in [0.2, 0.25) is 17.7 Å². The standard InChI is InChI=1S/C35H35BrN8O5/c1-20(45)32-25-12-22(24-15-37-21(2)38-16-24)7-9-26(25)43(42-32)17-31(47)44-27-13-35(14-28(35)44)19-39-30(46)6-4-3-5-11-49-18-23-8-10-29(36)40-33(23)41-34(27)48/h3,5,7-10,12,15-16,27-28H,4,6,11,13-14,17-19H2,1-2H3,(H,39,46)(H,40,41,48)/b5-3-/t27-,28?,35?/m0/s1. The highest BCUT2D eigenvalue weighted by atomic mass is 79.9. The van der Waals surface area contributed by atoms with E-state index in [-0.39, 0.29) is 48.4 Å². The number of likely N-dealkylation sites (tertiary alicyclic amines) is 1. The van der Waals surface area contributed by atoms with E-state index >= 15 is 0 Å². The first kappa shape index (κ1) is 32.7. The van der Waals surface area contributed by atoms with Gasteiger partial charge in [-0.25, -0.2) is 15.0 Å². The summed E-state index contributed by atoms with van der Waals surface area (Å²) in [6.07, 6.45) is 9.18. The number of pyridine rings is 1. The zero-order valence-electron chi connectivity index (χ0n) is 27.1. The average Bonchev–Trinajstić information content (AvgIpc) is 3.50. The number of aryl methyl sites for hydroxylation is 1. The monoisotopic (exact) mass is 726 g/mol. The highest BCUT2D eigenvalue weighted by Crippen LogP contribution is 2.59. The maximum absolute atomic E-state index is 14.3. The van der Waals surface area contributed by atoms with Crippen molar-refractivity contribution in [1.29, 1.82) is 0 Å². The molecular weight excluding hydrogens is 692 g/mol. The lowest BCUT2D eigenvalue weighted by Gasteiger charge is -2.27. The van der Waals surface area contributed by atoms with Gasteiger partial charge >= 0.3 is 0 Å². The average molecular weight is 728 g/mol. The van der Waals surface area contributed by atoms with Crippen molar-refractivity contribution in [1.82, 2.24) is 34.9 Å². The number of allylic oxidation sites excluding steroid dienone is 1. The molecule has 1 aromatic carbocycles. The number of halogens is 1. The zero-order valence-corrected chi connectivity index (χ0v) is 28.7. The van der Waals surface area contributed by atoms with Gasteiger partial charge in [-0.3, -0.25) is 23.9 Å². The minimum atomic E-state index is -0.808. The summed E-state index contributed by atoms with van der Waals surface area (Å²) in [5.74, 6) is -0.00387. The molecule has 49 heavy (non-hydrogen) atoms. The lowest BCUT2D eigenvalue weighted by molar-refractivity contribution is -0.138. The quantitative estimate of drug-likeness (QED) is 0.179. The lowest BCUT2D eigenvalue weighted by Crippen LogP contribution is -2.47. The van der Waals surface area contributed by atoms with E-state index in [0.717, 1.165) is 11.1 Å². The van der Waals surface area contributed by atoms with Crippen molar-refractivity contribution in [2.24, 2.45) is 5.41 Å². The molecule has 7 rings (SSSR count). The van der Waals surface area contributed by atoms with Gasteiger partial charge in [0.1, 0.15) is 34.5 Å². The Morgan fingerprint density at radius 3 is 2.69 bits per heavy atom. The summed E-state index contributed by atoms with van der Waals surface area (Å²) in [5, 5.41) is 11.2. The number of nitrogens with zero attached hydrogens (tertiary/aromatic N) is 6.